The Kier molecular flexibility index (Phi) is 7.87. The van der Waals surface area contributed by atoms with Crippen molar-refractivity contribution in [1.29, 1.82) is 0 Å². The molecular formula is C32H40O6Si. The van der Waals surface area contributed by atoms with Crippen LogP contribution in [-0.2, 0) is 30.0 Å². The molecule has 0 saturated carbocycles. The van der Waals surface area contributed by atoms with Crippen LogP contribution < -0.4 is 10.4 Å². The minimum absolute atomic E-state index is 0.121. The quantitative estimate of drug-likeness (QED) is 0.400. The number of aliphatic hydroxyl groups is 1. The van der Waals surface area contributed by atoms with Crippen molar-refractivity contribution in [1.82, 2.24) is 0 Å². The second-order valence-electron chi connectivity index (χ2n) is 12.0. The third-order valence-corrected chi connectivity index (χ3v) is 12.7. The zero-order valence-corrected chi connectivity index (χ0v) is 24.5. The first-order chi connectivity index (χ1) is 18.6. The van der Waals surface area contributed by atoms with Crippen molar-refractivity contribution in [2.75, 3.05) is 13.2 Å². The Hall–Kier alpha value is -2.36. The van der Waals surface area contributed by atoms with E-state index in [9.17, 15) is 5.11 Å². The summed E-state index contributed by atoms with van der Waals surface area (Å²) >= 11 is 0. The molecule has 0 amide bonds. The molecule has 0 spiro atoms. The first-order valence-electron chi connectivity index (χ1n) is 13.7. The number of fused-ring (bicyclic) bond motifs is 1. The highest BCUT2D eigenvalue weighted by atomic mass is 28.4. The maximum Gasteiger partial charge on any atom is 0.261 e. The van der Waals surface area contributed by atoms with Gasteiger partial charge < -0.3 is 28.5 Å². The van der Waals surface area contributed by atoms with Crippen LogP contribution in [0.3, 0.4) is 0 Å². The molecule has 4 atom stereocenters. The molecular weight excluding hydrogens is 508 g/mol. The highest BCUT2D eigenvalue weighted by Gasteiger charge is 2.64. The lowest BCUT2D eigenvalue weighted by Crippen LogP contribution is -2.68. The predicted molar refractivity (Wildman–Crippen MR) is 153 cm³/mol. The van der Waals surface area contributed by atoms with Crippen LogP contribution >= 0.6 is 0 Å². The molecule has 39 heavy (non-hydrogen) atoms. The molecule has 6 nitrogen and oxygen atoms in total. The van der Waals surface area contributed by atoms with Crippen LogP contribution in [0, 0.1) is 0 Å². The fourth-order valence-electron chi connectivity index (χ4n) is 5.94. The standard InChI is InChI=1S/C32H40O6Si/c1-30(2,3)39(25-17-11-7-12-18-25,26-19-13-8-14-20-26)35-23-32(22-33)28(34-21-24-15-9-6-10-16-24)27-29(38-32)37-31(4,5)36-27/h6-20,27-29,33H,21-23H2,1-5H3/t27-,28+,29+,32-/m1/s1. The van der Waals surface area contributed by atoms with Crippen LogP contribution in [0.2, 0.25) is 5.04 Å². The number of rotatable bonds is 9. The largest absolute Gasteiger partial charge is 0.404 e. The van der Waals surface area contributed by atoms with Gasteiger partial charge in [-0.2, -0.15) is 0 Å². The van der Waals surface area contributed by atoms with E-state index in [1.165, 1.54) is 0 Å². The zero-order chi connectivity index (χ0) is 27.7. The second-order valence-corrected chi connectivity index (χ2v) is 16.3. The van der Waals surface area contributed by atoms with E-state index in [0.29, 0.717) is 6.61 Å². The summed E-state index contributed by atoms with van der Waals surface area (Å²) in [4.78, 5) is 0. The Morgan fingerprint density at radius 2 is 1.33 bits per heavy atom. The molecule has 208 valence electrons. The van der Waals surface area contributed by atoms with Gasteiger partial charge in [-0.25, -0.2) is 0 Å². The number of benzene rings is 3. The highest BCUT2D eigenvalue weighted by Crippen LogP contribution is 2.45. The van der Waals surface area contributed by atoms with Crippen LogP contribution in [0.1, 0.15) is 40.2 Å². The third kappa shape index (κ3) is 5.37. The van der Waals surface area contributed by atoms with Crippen molar-refractivity contribution in [3.8, 4) is 0 Å². The van der Waals surface area contributed by atoms with Gasteiger partial charge >= 0.3 is 0 Å². The van der Waals surface area contributed by atoms with E-state index >= 15 is 0 Å². The lowest BCUT2D eigenvalue weighted by atomic mass is 9.97. The first-order valence-corrected chi connectivity index (χ1v) is 15.6. The molecule has 2 heterocycles. The summed E-state index contributed by atoms with van der Waals surface area (Å²) in [6.07, 6.45) is -1.78. The van der Waals surface area contributed by atoms with E-state index in [1.807, 2.05) is 56.3 Å². The fraction of sp³-hybridized carbons (Fsp3) is 0.438. The minimum atomic E-state index is -2.89. The molecule has 0 radical (unpaired) electrons. The van der Waals surface area contributed by atoms with Gasteiger partial charge in [-0.3, -0.25) is 0 Å². The maximum atomic E-state index is 10.9. The molecule has 2 saturated heterocycles. The van der Waals surface area contributed by atoms with Gasteiger partial charge in [0.2, 0.25) is 0 Å². The molecule has 0 bridgehead atoms. The van der Waals surface area contributed by atoms with E-state index in [1.54, 1.807) is 0 Å². The van der Waals surface area contributed by atoms with Gasteiger partial charge in [0.1, 0.15) is 17.8 Å². The summed E-state index contributed by atoms with van der Waals surface area (Å²) in [6.45, 7) is 10.6. The van der Waals surface area contributed by atoms with Gasteiger partial charge in [-0.1, -0.05) is 112 Å². The van der Waals surface area contributed by atoms with Gasteiger partial charge in [-0.15, -0.1) is 0 Å². The van der Waals surface area contributed by atoms with Crippen LogP contribution in [-0.4, -0.2) is 56.5 Å². The van der Waals surface area contributed by atoms with Crippen LogP contribution in [0.15, 0.2) is 91.0 Å². The Bertz CT molecular complexity index is 1170. The molecule has 5 rings (SSSR count). The first kappa shape index (κ1) is 28.2. The molecule has 7 heteroatoms. The number of hydrogen-bond acceptors (Lipinski definition) is 6. The van der Waals surface area contributed by atoms with E-state index in [2.05, 4.69) is 69.3 Å². The topological polar surface area (TPSA) is 66.4 Å². The Balaban J connectivity index is 1.52. The third-order valence-electron chi connectivity index (χ3n) is 7.75. The van der Waals surface area contributed by atoms with Crippen molar-refractivity contribution < 1.29 is 28.5 Å². The van der Waals surface area contributed by atoms with Crippen molar-refractivity contribution >= 4 is 18.7 Å². The summed E-state index contributed by atoms with van der Waals surface area (Å²) in [6, 6.07) is 30.9. The second kappa shape index (κ2) is 10.9. The van der Waals surface area contributed by atoms with Gasteiger partial charge in [0.05, 0.1) is 19.8 Å². The average molecular weight is 549 g/mol. The fourth-order valence-corrected chi connectivity index (χ4v) is 10.6. The van der Waals surface area contributed by atoms with Crippen LogP contribution in [0.4, 0.5) is 0 Å². The summed E-state index contributed by atoms with van der Waals surface area (Å²) in [7, 11) is -2.89. The van der Waals surface area contributed by atoms with E-state index in [-0.39, 0.29) is 18.3 Å². The van der Waals surface area contributed by atoms with Gasteiger partial charge in [0.15, 0.2) is 12.1 Å². The van der Waals surface area contributed by atoms with Gasteiger partial charge in [0.25, 0.3) is 8.32 Å². The van der Waals surface area contributed by atoms with E-state index in [4.69, 9.17) is 23.4 Å². The van der Waals surface area contributed by atoms with Crippen molar-refractivity contribution in [3.05, 3.63) is 96.6 Å². The number of aliphatic hydroxyl groups excluding tert-OH is 1. The number of hydrogen-bond donors (Lipinski definition) is 1. The zero-order valence-electron chi connectivity index (χ0n) is 23.5. The highest BCUT2D eigenvalue weighted by molar-refractivity contribution is 6.99. The lowest BCUT2D eigenvalue weighted by molar-refractivity contribution is -0.257. The van der Waals surface area contributed by atoms with Crippen molar-refractivity contribution in [2.24, 2.45) is 0 Å². The SMILES string of the molecule is CC1(C)O[C@H]2O[C@](CO)(CO[Si](c3ccccc3)(c3ccccc3)C(C)(C)C)[C@@H](OCc3ccccc3)[C@H]2O1. The normalized spacial score (nSPS) is 26.5. The Morgan fingerprint density at radius 3 is 1.85 bits per heavy atom. The molecule has 2 aliphatic rings. The summed E-state index contributed by atoms with van der Waals surface area (Å²) in [5.74, 6) is -0.815. The van der Waals surface area contributed by atoms with Gasteiger partial charge in [0, 0.05) is 0 Å². The molecule has 0 aliphatic carbocycles. The van der Waals surface area contributed by atoms with Crippen LogP contribution in [0.5, 0.6) is 0 Å². The van der Waals surface area contributed by atoms with Crippen molar-refractivity contribution in [2.45, 2.75) is 76.1 Å². The van der Waals surface area contributed by atoms with Gasteiger partial charge in [-0.05, 0) is 34.8 Å². The molecule has 3 aromatic rings. The minimum Gasteiger partial charge on any atom is -0.404 e. The predicted octanol–water partition coefficient (Wildman–Crippen LogP) is 4.39. The lowest BCUT2D eigenvalue weighted by Gasteiger charge is -2.45. The summed E-state index contributed by atoms with van der Waals surface area (Å²) in [5.41, 5.74) is -0.146. The van der Waals surface area contributed by atoms with Crippen LogP contribution in [0.25, 0.3) is 0 Å². The summed E-state index contributed by atoms with van der Waals surface area (Å²) < 4.78 is 32.6. The molecule has 0 aromatic heterocycles. The number of ether oxygens (including phenoxy) is 4. The molecule has 2 aliphatic heterocycles. The monoisotopic (exact) mass is 548 g/mol. The van der Waals surface area contributed by atoms with E-state index in [0.717, 1.165) is 15.9 Å². The van der Waals surface area contributed by atoms with Crippen molar-refractivity contribution in [3.63, 3.8) is 0 Å². The molecule has 3 aromatic carbocycles. The molecule has 0 unspecified atom stereocenters. The molecule has 1 N–H and O–H groups in total. The molecule has 2 fully saturated rings. The average Bonchev–Trinajstić information content (AvgIpc) is 3.37. The smallest absolute Gasteiger partial charge is 0.261 e. The summed E-state index contributed by atoms with van der Waals surface area (Å²) in [5, 5.41) is 13.0. The Labute approximate surface area is 233 Å². The Morgan fingerprint density at radius 1 is 0.795 bits per heavy atom. The van der Waals surface area contributed by atoms with E-state index < -0.39 is 38.2 Å². The maximum absolute atomic E-state index is 10.9.